The molecule has 1 unspecified atom stereocenters. The average molecular weight is 548 g/mol. The largest absolute Gasteiger partial charge is 0.393 e. The molecule has 4 heteroatoms. The molecule has 6 atom stereocenters. The van der Waals surface area contributed by atoms with Crippen LogP contribution in [0.5, 0.6) is 0 Å². The molecule has 0 aliphatic heterocycles. The van der Waals surface area contributed by atoms with Gasteiger partial charge in [-0.1, -0.05) is 45.1 Å². The van der Waals surface area contributed by atoms with Gasteiger partial charge in [0.25, 0.3) is 0 Å². The third-order valence-electron chi connectivity index (χ3n) is 8.05. The normalized spacial score (nSPS) is 38.1. The van der Waals surface area contributed by atoms with Gasteiger partial charge in [-0.05, 0) is 91.6 Å². The zero-order valence-electron chi connectivity index (χ0n) is 18.7. The van der Waals surface area contributed by atoms with E-state index in [4.69, 9.17) is 0 Å². The Hall–Kier alpha value is 1.06. The van der Waals surface area contributed by atoms with Crippen LogP contribution in [-0.4, -0.2) is 17.5 Å². The number of carbonyl (C=O) groups is 1. The molecule has 0 saturated heterocycles. The first-order chi connectivity index (χ1) is 12.9. The zero-order valence-corrected chi connectivity index (χ0v) is 24.4. The molecule has 3 fully saturated rings. The van der Waals surface area contributed by atoms with Gasteiger partial charge in [-0.2, -0.15) is 0 Å². The van der Waals surface area contributed by atoms with E-state index in [9.17, 15) is 9.90 Å². The van der Waals surface area contributed by atoms with E-state index < -0.39 is 0 Å². The molecule has 0 aromatic heterocycles. The van der Waals surface area contributed by atoms with Crippen LogP contribution in [0.15, 0.2) is 35.5 Å². The molecule has 0 spiro atoms. The molecule has 3 rings (SSSR count). The van der Waals surface area contributed by atoms with Gasteiger partial charge in [-0.15, -0.1) is 0 Å². The van der Waals surface area contributed by atoms with Gasteiger partial charge in [0.15, 0.2) is 0 Å². The van der Waals surface area contributed by atoms with Gasteiger partial charge in [0, 0.05) is 71.8 Å². The maximum Gasteiger partial charge on any atom is 0.120 e. The van der Waals surface area contributed by atoms with Gasteiger partial charge < -0.3 is 9.90 Å². The Labute approximate surface area is 228 Å². The predicted octanol–water partition coefficient (Wildman–Crippen LogP) is 6.01. The maximum absolute atomic E-state index is 10.8. The number of aliphatic hydroxyl groups is 1. The molecular formula is C25H38O2Y2. The van der Waals surface area contributed by atoms with Crippen molar-refractivity contribution in [1.29, 1.82) is 0 Å². The first kappa shape index (κ1) is 28.1. The van der Waals surface area contributed by atoms with E-state index in [1.54, 1.807) is 5.57 Å². The van der Waals surface area contributed by atoms with Crippen LogP contribution in [0.4, 0.5) is 0 Å². The van der Waals surface area contributed by atoms with Crippen LogP contribution in [0.2, 0.25) is 0 Å². The minimum atomic E-state index is -0.221. The van der Waals surface area contributed by atoms with Crippen molar-refractivity contribution in [2.45, 2.75) is 84.7 Å². The smallest absolute Gasteiger partial charge is 0.120 e. The number of aliphatic hydroxyl groups excluding tert-OH is 1. The Morgan fingerprint density at radius 2 is 2.00 bits per heavy atom. The zero-order chi connectivity index (χ0) is 19.6. The van der Waals surface area contributed by atoms with E-state index in [1.807, 2.05) is 0 Å². The first-order valence-electron chi connectivity index (χ1n) is 11.1. The Morgan fingerprint density at radius 1 is 1.28 bits per heavy atom. The van der Waals surface area contributed by atoms with Crippen LogP contribution < -0.4 is 0 Å². The summed E-state index contributed by atoms with van der Waals surface area (Å²) in [5.74, 6) is 2.44. The van der Waals surface area contributed by atoms with Gasteiger partial charge in [-0.3, -0.25) is 0 Å². The summed E-state index contributed by atoms with van der Waals surface area (Å²) < 4.78 is 0. The van der Waals surface area contributed by atoms with Crippen molar-refractivity contribution in [1.82, 2.24) is 0 Å². The van der Waals surface area contributed by atoms with Gasteiger partial charge in [-0.25, -0.2) is 0 Å². The van der Waals surface area contributed by atoms with E-state index >= 15 is 0 Å². The van der Waals surface area contributed by atoms with Crippen molar-refractivity contribution in [3.63, 3.8) is 0 Å². The molecule has 0 aromatic carbocycles. The third-order valence-corrected chi connectivity index (χ3v) is 8.05. The van der Waals surface area contributed by atoms with E-state index in [0.717, 1.165) is 31.5 Å². The molecule has 0 amide bonds. The van der Waals surface area contributed by atoms with Crippen molar-refractivity contribution >= 4 is 6.29 Å². The average Bonchev–Trinajstić information content (AvgIpc) is 2.99. The second kappa shape index (κ2) is 12.3. The van der Waals surface area contributed by atoms with Crippen molar-refractivity contribution in [3.05, 3.63) is 35.5 Å². The quantitative estimate of drug-likeness (QED) is 0.428. The fourth-order valence-electron chi connectivity index (χ4n) is 6.46. The summed E-state index contributed by atoms with van der Waals surface area (Å²) in [5.41, 5.74) is 4.46. The van der Waals surface area contributed by atoms with Crippen LogP contribution in [-0.2, 0) is 70.2 Å². The Kier molecular flexibility index (Phi) is 12.0. The van der Waals surface area contributed by atoms with Gasteiger partial charge in [0.1, 0.15) is 6.29 Å². The van der Waals surface area contributed by atoms with Crippen molar-refractivity contribution < 1.29 is 75.3 Å². The van der Waals surface area contributed by atoms with Gasteiger partial charge in [0.2, 0.25) is 0 Å². The molecule has 0 aromatic rings. The van der Waals surface area contributed by atoms with Crippen LogP contribution in [0, 0.1) is 29.1 Å². The summed E-state index contributed by atoms with van der Waals surface area (Å²) >= 11 is 0. The molecule has 1 N–H and O–H groups in total. The molecule has 0 heterocycles. The number of carbonyl (C=O) groups excluding carboxylic acids is 1. The second-order valence-corrected chi connectivity index (χ2v) is 9.77. The summed E-state index contributed by atoms with van der Waals surface area (Å²) in [7, 11) is 0. The molecule has 156 valence electrons. The number of hydrogen-bond donors (Lipinski definition) is 1. The predicted molar refractivity (Wildman–Crippen MR) is 112 cm³/mol. The topological polar surface area (TPSA) is 37.3 Å². The van der Waals surface area contributed by atoms with E-state index in [-0.39, 0.29) is 71.5 Å². The molecule has 0 bridgehead atoms. The van der Waals surface area contributed by atoms with E-state index in [1.165, 1.54) is 43.3 Å². The molecule has 3 saturated carbocycles. The van der Waals surface area contributed by atoms with E-state index in [2.05, 4.69) is 39.5 Å². The number of fused-ring (bicyclic) bond motifs is 1. The first-order valence-corrected chi connectivity index (χ1v) is 11.1. The minimum Gasteiger partial charge on any atom is -0.393 e. The van der Waals surface area contributed by atoms with Gasteiger partial charge >= 0.3 is 0 Å². The fourth-order valence-corrected chi connectivity index (χ4v) is 6.46. The molecule has 29 heavy (non-hydrogen) atoms. The Bertz CT molecular complexity index is 639. The molecular weight excluding hydrogens is 510 g/mol. The summed E-state index contributed by atoms with van der Waals surface area (Å²) in [6.45, 7) is 11.3. The van der Waals surface area contributed by atoms with Gasteiger partial charge in [0.05, 0.1) is 6.10 Å². The third kappa shape index (κ3) is 6.31. The Morgan fingerprint density at radius 3 is 2.69 bits per heavy atom. The molecule has 3 aliphatic carbocycles. The number of aldehydes is 1. The summed E-state index contributed by atoms with van der Waals surface area (Å²) in [6.07, 6.45) is 15.2. The summed E-state index contributed by atoms with van der Waals surface area (Å²) in [6, 6.07) is 0. The Balaban J connectivity index is 0.00000210. The summed E-state index contributed by atoms with van der Waals surface area (Å²) in [4.78, 5) is 10.8. The minimum absolute atomic E-state index is 0. The standard InChI is InChI=1S/C25H38O2.2Y/c1-17(7-6-14-26)23-11-12-24-20(8-5-13-25(23,24)4)9-10-21-16-22(27)15-18(2)19(21)3;;/h9-10,14,17-18,22-24,27H,3,5-8,11-13,15-16H2,1-2,4H3;;/b20-9+,21-10-;;/t17-,18+,22+,23?,24+,25-;;/m1../s1. The monoisotopic (exact) mass is 548 g/mol. The van der Waals surface area contributed by atoms with E-state index in [0.29, 0.717) is 29.6 Å². The van der Waals surface area contributed by atoms with Crippen LogP contribution in [0.25, 0.3) is 0 Å². The number of hydrogen-bond acceptors (Lipinski definition) is 2. The van der Waals surface area contributed by atoms with Crippen LogP contribution in [0.1, 0.15) is 78.6 Å². The van der Waals surface area contributed by atoms with Crippen molar-refractivity contribution in [3.8, 4) is 0 Å². The van der Waals surface area contributed by atoms with Crippen molar-refractivity contribution in [2.24, 2.45) is 29.1 Å². The molecule has 3 aliphatic rings. The second-order valence-electron chi connectivity index (χ2n) is 9.77. The molecule has 2 radical (unpaired) electrons. The van der Waals surface area contributed by atoms with Crippen LogP contribution in [0.3, 0.4) is 0 Å². The number of rotatable bonds is 5. The maximum atomic E-state index is 10.8. The fraction of sp³-hybridized carbons (Fsp3) is 0.720. The SMILES string of the molecule is C=C1/C(=C\C=C2/CCC[C@]3(C)C([C@H](C)CCC=O)CC[C@@H]23)C[C@@H](O)C[C@@H]1C.[Y].[Y]. The summed E-state index contributed by atoms with van der Waals surface area (Å²) in [5, 5.41) is 10.1. The van der Waals surface area contributed by atoms with Crippen molar-refractivity contribution in [2.75, 3.05) is 0 Å². The molecule has 2 nitrogen and oxygen atoms in total. The number of allylic oxidation sites excluding steroid dienone is 4. The van der Waals surface area contributed by atoms with Crippen LogP contribution >= 0.6 is 0 Å².